The van der Waals surface area contributed by atoms with Crippen LogP contribution in [0.4, 0.5) is 10.7 Å². The van der Waals surface area contributed by atoms with Crippen LogP contribution < -0.4 is 19.5 Å². The number of methoxy groups -OCH3 is 2. The van der Waals surface area contributed by atoms with E-state index in [1.54, 1.807) is 4.72 Å². The Labute approximate surface area is 147 Å². The van der Waals surface area contributed by atoms with E-state index in [0.29, 0.717) is 0 Å². The van der Waals surface area contributed by atoms with E-state index in [-0.39, 0.29) is 18.0 Å². The average molecular weight is 383 g/mol. The van der Waals surface area contributed by atoms with Crippen LogP contribution in [-0.2, 0) is 10.0 Å². The van der Waals surface area contributed by atoms with Gasteiger partial charge in [0.05, 0.1) is 19.8 Å². The molecule has 0 saturated heterocycles. The maximum Gasteiger partial charge on any atom is 0.337 e. The Bertz CT molecular complexity index is 925. The van der Waals surface area contributed by atoms with E-state index >= 15 is 0 Å². The van der Waals surface area contributed by atoms with Crippen molar-refractivity contribution in [3.8, 4) is 12.0 Å². The van der Waals surface area contributed by atoms with Crippen LogP contribution in [0.1, 0.15) is 10.4 Å². The Balaban J connectivity index is 2.23. The van der Waals surface area contributed by atoms with Crippen LogP contribution in [0.2, 0.25) is 0 Å². The Morgan fingerprint density at radius 2 is 1.62 bits per heavy atom. The number of nitrogens with zero attached hydrogens (tertiary/aromatic N) is 3. The number of hydrogen-bond donors (Lipinski definition) is 3. The fourth-order valence-electron chi connectivity index (χ4n) is 1.76. The molecule has 1 aromatic heterocycles. The molecule has 0 aliphatic carbocycles. The molecule has 2 aromatic rings. The zero-order valence-electron chi connectivity index (χ0n) is 13.5. The summed E-state index contributed by atoms with van der Waals surface area (Å²) in [6, 6.07) is 3.25. The average Bonchev–Trinajstić information content (AvgIpc) is 2.60. The summed E-state index contributed by atoms with van der Waals surface area (Å²) in [4.78, 5) is 33.6. The smallest absolute Gasteiger partial charge is 0.337 e. The van der Waals surface area contributed by atoms with E-state index in [9.17, 15) is 18.0 Å². The predicted molar refractivity (Wildman–Crippen MR) is 85.7 cm³/mol. The molecule has 0 aliphatic heterocycles. The van der Waals surface area contributed by atoms with Gasteiger partial charge in [0.2, 0.25) is 5.95 Å². The summed E-state index contributed by atoms with van der Waals surface area (Å²) in [7, 11) is -1.92. The van der Waals surface area contributed by atoms with Gasteiger partial charge in [-0.05, 0) is 12.1 Å². The third-order valence-electron chi connectivity index (χ3n) is 2.82. The van der Waals surface area contributed by atoms with Gasteiger partial charge in [0, 0.05) is 0 Å². The fourth-order valence-corrected chi connectivity index (χ4v) is 2.87. The SMILES string of the molecule is COc1nc(NC(=O)NS(=O)(=O)c2ccccc2C(=O)O)nc(OC)n1. The lowest BCUT2D eigenvalue weighted by atomic mass is 10.2. The van der Waals surface area contributed by atoms with Crippen LogP contribution in [0.5, 0.6) is 12.0 Å². The van der Waals surface area contributed by atoms with Crippen LogP contribution in [-0.4, -0.2) is 54.7 Å². The molecule has 13 heteroatoms. The van der Waals surface area contributed by atoms with Crippen molar-refractivity contribution in [2.75, 3.05) is 19.5 Å². The Kier molecular flexibility index (Phi) is 5.51. The Morgan fingerprint density at radius 1 is 1.04 bits per heavy atom. The number of carbonyl (C=O) groups is 2. The number of carboxylic acid groups (broad SMARTS) is 1. The highest BCUT2D eigenvalue weighted by molar-refractivity contribution is 7.90. The molecular weight excluding hydrogens is 370 g/mol. The summed E-state index contributed by atoms with van der Waals surface area (Å²) < 4.78 is 35.8. The number of carbonyl (C=O) groups excluding carboxylic acids is 1. The molecule has 0 spiro atoms. The van der Waals surface area contributed by atoms with Crippen LogP contribution in [0.3, 0.4) is 0 Å². The maximum atomic E-state index is 12.3. The van der Waals surface area contributed by atoms with Crippen LogP contribution in [0.25, 0.3) is 0 Å². The zero-order chi connectivity index (χ0) is 19.3. The number of sulfonamides is 1. The topological polar surface area (TPSA) is 170 Å². The first-order valence-electron chi connectivity index (χ1n) is 6.77. The lowest BCUT2D eigenvalue weighted by Gasteiger charge is -2.10. The van der Waals surface area contributed by atoms with Crippen molar-refractivity contribution >= 4 is 28.0 Å². The third-order valence-corrected chi connectivity index (χ3v) is 4.21. The number of urea groups is 1. The number of carboxylic acids is 1. The van der Waals surface area contributed by atoms with Gasteiger partial charge in [-0.3, -0.25) is 5.32 Å². The summed E-state index contributed by atoms with van der Waals surface area (Å²) in [5, 5.41) is 11.1. The van der Waals surface area contributed by atoms with Crippen molar-refractivity contribution in [1.29, 1.82) is 0 Å². The number of benzene rings is 1. The van der Waals surface area contributed by atoms with Gasteiger partial charge >= 0.3 is 24.0 Å². The van der Waals surface area contributed by atoms with E-state index in [4.69, 9.17) is 14.6 Å². The molecule has 0 bridgehead atoms. The van der Waals surface area contributed by atoms with Crippen molar-refractivity contribution in [1.82, 2.24) is 19.7 Å². The number of amides is 2. The van der Waals surface area contributed by atoms with Gasteiger partial charge in [-0.1, -0.05) is 12.1 Å². The minimum atomic E-state index is -4.46. The first-order chi connectivity index (χ1) is 12.3. The molecule has 0 saturated carbocycles. The number of anilines is 1. The highest BCUT2D eigenvalue weighted by Gasteiger charge is 2.24. The summed E-state index contributed by atoms with van der Waals surface area (Å²) in [6.07, 6.45) is 0. The van der Waals surface area contributed by atoms with Crippen molar-refractivity contribution < 1.29 is 32.6 Å². The molecule has 0 radical (unpaired) electrons. The number of rotatable bonds is 6. The minimum Gasteiger partial charge on any atom is -0.478 e. The van der Waals surface area contributed by atoms with Gasteiger partial charge in [-0.2, -0.15) is 9.97 Å². The molecule has 2 amide bonds. The molecule has 2 rings (SSSR count). The monoisotopic (exact) mass is 383 g/mol. The summed E-state index contributed by atoms with van der Waals surface area (Å²) in [5.74, 6) is -1.80. The van der Waals surface area contributed by atoms with E-state index < -0.39 is 32.5 Å². The zero-order valence-corrected chi connectivity index (χ0v) is 14.3. The number of aromatic carboxylic acids is 1. The van der Waals surface area contributed by atoms with Gasteiger partial charge in [0.15, 0.2) is 0 Å². The molecule has 0 atom stereocenters. The van der Waals surface area contributed by atoms with Crippen LogP contribution in [0.15, 0.2) is 29.2 Å². The highest BCUT2D eigenvalue weighted by Crippen LogP contribution is 2.16. The molecule has 12 nitrogen and oxygen atoms in total. The molecule has 138 valence electrons. The molecule has 0 fully saturated rings. The minimum absolute atomic E-state index is 0.175. The van der Waals surface area contributed by atoms with Gasteiger partial charge in [0.25, 0.3) is 10.0 Å². The van der Waals surface area contributed by atoms with Gasteiger partial charge in [0.1, 0.15) is 4.90 Å². The summed E-state index contributed by atoms with van der Waals surface area (Å²) >= 11 is 0. The lowest BCUT2D eigenvalue weighted by Crippen LogP contribution is -2.35. The van der Waals surface area contributed by atoms with Crippen LogP contribution >= 0.6 is 0 Å². The number of hydrogen-bond acceptors (Lipinski definition) is 9. The van der Waals surface area contributed by atoms with Crippen molar-refractivity contribution in [3.63, 3.8) is 0 Å². The summed E-state index contributed by atoms with van der Waals surface area (Å²) in [6.45, 7) is 0. The molecule has 0 aliphatic rings. The highest BCUT2D eigenvalue weighted by atomic mass is 32.2. The second kappa shape index (κ2) is 7.60. The molecule has 0 unspecified atom stereocenters. The first-order valence-corrected chi connectivity index (χ1v) is 8.25. The van der Waals surface area contributed by atoms with E-state index in [0.717, 1.165) is 12.1 Å². The largest absolute Gasteiger partial charge is 0.478 e. The second-order valence-electron chi connectivity index (χ2n) is 4.49. The quantitative estimate of drug-likeness (QED) is 0.621. The lowest BCUT2D eigenvalue weighted by molar-refractivity contribution is 0.0692. The van der Waals surface area contributed by atoms with Crippen molar-refractivity contribution in [2.24, 2.45) is 0 Å². The first kappa shape index (κ1) is 18.9. The van der Waals surface area contributed by atoms with E-state index in [1.165, 1.54) is 26.4 Å². The Morgan fingerprint density at radius 3 is 2.15 bits per heavy atom. The van der Waals surface area contributed by atoms with Crippen molar-refractivity contribution in [2.45, 2.75) is 4.90 Å². The van der Waals surface area contributed by atoms with Gasteiger partial charge in [-0.25, -0.2) is 22.7 Å². The van der Waals surface area contributed by atoms with E-state index in [2.05, 4.69) is 20.3 Å². The molecule has 1 aromatic carbocycles. The second-order valence-corrected chi connectivity index (χ2v) is 6.14. The van der Waals surface area contributed by atoms with Gasteiger partial charge in [-0.15, -0.1) is 4.98 Å². The van der Waals surface area contributed by atoms with Gasteiger partial charge < -0.3 is 14.6 Å². The number of ether oxygens (including phenoxy) is 2. The maximum absolute atomic E-state index is 12.3. The normalized spacial score (nSPS) is 10.7. The molecule has 26 heavy (non-hydrogen) atoms. The number of nitrogens with one attached hydrogen (secondary N) is 2. The Hall–Kier alpha value is -3.48. The number of aromatic nitrogens is 3. The molecule has 3 N–H and O–H groups in total. The molecule has 1 heterocycles. The molecular formula is C13H13N5O7S. The fraction of sp³-hybridized carbons (Fsp3) is 0.154. The predicted octanol–water partition coefficient (Wildman–Crippen LogP) is 0.0974. The van der Waals surface area contributed by atoms with E-state index in [1.807, 2.05) is 0 Å². The third kappa shape index (κ3) is 4.32. The van der Waals surface area contributed by atoms with Crippen molar-refractivity contribution in [3.05, 3.63) is 29.8 Å². The van der Waals surface area contributed by atoms with Crippen LogP contribution in [0, 0.1) is 0 Å². The standard InChI is InChI=1S/C13H13N5O7S/c1-24-12-15-10(16-13(17-12)25-2)14-11(21)18-26(22,23)8-6-4-3-5-7(8)9(19)20/h3-6H,1-2H3,(H,19,20)(H2,14,15,16,17,18,21). The summed E-state index contributed by atoms with van der Waals surface area (Å²) in [5.41, 5.74) is -0.490.